The van der Waals surface area contributed by atoms with Gasteiger partial charge >= 0.3 is 0 Å². The molecule has 0 saturated heterocycles. The van der Waals surface area contributed by atoms with Gasteiger partial charge in [0.05, 0.1) is 22.4 Å². The van der Waals surface area contributed by atoms with Crippen LogP contribution in [0.15, 0.2) is 297 Å². The van der Waals surface area contributed by atoms with Crippen molar-refractivity contribution in [3.8, 4) is 61.7 Å². The van der Waals surface area contributed by atoms with Gasteiger partial charge in [-0.2, -0.15) is 0 Å². The van der Waals surface area contributed by atoms with Gasteiger partial charge in [-0.15, -0.1) is 0 Å². The van der Waals surface area contributed by atoms with E-state index in [-0.39, 0.29) is 35.1 Å². The van der Waals surface area contributed by atoms with Crippen LogP contribution in [0.1, 0.15) is 104 Å². The number of aromatic nitrogens is 1. The molecule has 0 fully saturated rings. The first-order valence-corrected chi connectivity index (χ1v) is 37.8. The molecule has 15 aromatic rings. The zero-order valence-corrected chi connectivity index (χ0v) is 62.1. The van der Waals surface area contributed by atoms with Gasteiger partial charge in [0.25, 0.3) is 13.4 Å². The highest BCUT2D eigenvalue weighted by Crippen LogP contribution is 2.56. The number of anilines is 9. The Morgan fingerprint density at radius 3 is 1.34 bits per heavy atom. The number of rotatable bonds is 7. The molecule has 1 aliphatic carbocycles. The van der Waals surface area contributed by atoms with E-state index in [4.69, 9.17) is 4.74 Å². The van der Waals surface area contributed by atoms with Crippen molar-refractivity contribution in [1.82, 2.24) is 4.57 Å². The third-order valence-corrected chi connectivity index (χ3v) is 23.8. The maximum atomic E-state index is 8.08. The molecule has 0 unspecified atom stereocenters. The lowest BCUT2D eigenvalue weighted by Gasteiger charge is -2.46. The molecule has 5 aliphatic rings. The zero-order chi connectivity index (χ0) is 72.0. The maximum absolute atomic E-state index is 8.08. The van der Waals surface area contributed by atoms with Crippen molar-refractivity contribution in [2.75, 3.05) is 14.7 Å². The standard InChI is InChI=1S/C99H82B2N4O/c1-96(2,3)64-47-49-82-75(53-64)76-54-65(97(4,5)6)48-50-83(76)104(82)69-57-88-93-89(58-69)103(68-37-22-15-23-38-68)86-60-90-81(59-80(86)100(93)78-43-26-28-45-84(78)102(88)67-35-20-14-21-36-67)101-79-44-27-29-46-85(79)105(95-73(61-31-16-12-17-32-61)55-66(98(7,8)9)56-74(95)62-33-18-13-19-34-62)87-51-63(52-91(106-90)94(87)101)70-40-30-41-72-71-39-24-25-42-77(71)99(10,11)92(70)72/h12-60H,1-11H3. The summed E-state index contributed by atoms with van der Waals surface area (Å²) in [6, 6.07) is 113. The Labute approximate surface area is 623 Å². The van der Waals surface area contributed by atoms with E-state index in [2.05, 4.69) is 393 Å². The molecule has 0 N–H and O–H groups in total. The summed E-state index contributed by atoms with van der Waals surface area (Å²) in [5, 5.41) is 2.52. The Morgan fingerprint density at radius 1 is 0.302 bits per heavy atom. The fourth-order valence-corrected chi connectivity index (χ4v) is 18.7. The molecule has 0 amide bonds. The van der Waals surface area contributed by atoms with Gasteiger partial charge in [-0.25, -0.2) is 0 Å². The van der Waals surface area contributed by atoms with Crippen molar-refractivity contribution in [2.45, 2.75) is 97.8 Å². The molecule has 5 heterocycles. The van der Waals surface area contributed by atoms with Crippen molar-refractivity contribution < 1.29 is 4.74 Å². The van der Waals surface area contributed by atoms with Gasteiger partial charge in [0.1, 0.15) is 11.5 Å². The molecule has 5 nitrogen and oxygen atoms in total. The summed E-state index contributed by atoms with van der Waals surface area (Å²) in [4.78, 5) is 7.75. The predicted molar refractivity (Wildman–Crippen MR) is 451 cm³/mol. The van der Waals surface area contributed by atoms with Crippen LogP contribution in [0.3, 0.4) is 0 Å². The van der Waals surface area contributed by atoms with Crippen LogP contribution < -0.4 is 52.2 Å². The van der Waals surface area contributed by atoms with Crippen LogP contribution in [0.2, 0.25) is 0 Å². The van der Waals surface area contributed by atoms with Crippen LogP contribution in [-0.2, 0) is 21.7 Å². The van der Waals surface area contributed by atoms with Crippen LogP contribution in [0.4, 0.5) is 51.2 Å². The van der Waals surface area contributed by atoms with E-state index >= 15 is 0 Å². The Hall–Kier alpha value is -11.8. The molecular weight excluding hydrogens is 1280 g/mol. The summed E-state index contributed by atoms with van der Waals surface area (Å²) >= 11 is 0. The average Bonchev–Trinajstić information content (AvgIpc) is 0.739. The van der Waals surface area contributed by atoms with Crippen molar-refractivity contribution in [1.29, 1.82) is 0 Å². The highest BCUT2D eigenvalue weighted by Gasteiger charge is 2.49. The Bertz CT molecular complexity index is 6040. The van der Waals surface area contributed by atoms with Gasteiger partial charge in [0.2, 0.25) is 0 Å². The highest BCUT2D eigenvalue weighted by molar-refractivity contribution is 7.02. The second-order valence-electron chi connectivity index (χ2n) is 33.6. The van der Waals surface area contributed by atoms with Gasteiger partial charge in [-0.3, -0.25) is 0 Å². The Morgan fingerprint density at radius 2 is 0.774 bits per heavy atom. The minimum absolute atomic E-state index is 0.0524. The number of benzene rings is 14. The highest BCUT2D eigenvalue weighted by atomic mass is 16.5. The zero-order valence-electron chi connectivity index (χ0n) is 62.1. The second kappa shape index (κ2) is 23.1. The lowest BCUT2D eigenvalue weighted by atomic mass is 9.30. The van der Waals surface area contributed by atoms with E-state index in [1.807, 2.05) is 0 Å². The van der Waals surface area contributed by atoms with Crippen LogP contribution >= 0.6 is 0 Å². The van der Waals surface area contributed by atoms with Crippen LogP contribution in [0.5, 0.6) is 11.5 Å². The minimum atomic E-state index is -0.291. The summed E-state index contributed by atoms with van der Waals surface area (Å²) < 4.78 is 10.6. The first kappa shape index (κ1) is 63.9. The van der Waals surface area contributed by atoms with Crippen LogP contribution in [-0.4, -0.2) is 18.0 Å². The molecule has 0 atom stereocenters. The molecule has 510 valence electrons. The maximum Gasteiger partial charge on any atom is 0.256 e. The Balaban J connectivity index is 0.879. The van der Waals surface area contributed by atoms with E-state index < -0.39 is 0 Å². The first-order valence-electron chi connectivity index (χ1n) is 37.8. The summed E-state index contributed by atoms with van der Waals surface area (Å²) in [5.41, 5.74) is 36.3. The predicted octanol–water partition coefficient (Wildman–Crippen LogP) is 22.5. The number of hydrogen-bond donors (Lipinski definition) is 0. The first-order chi connectivity index (χ1) is 51.3. The van der Waals surface area contributed by atoms with E-state index in [0.29, 0.717) is 0 Å². The fourth-order valence-electron chi connectivity index (χ4n) is 18.7. The third-order valence-electron chi connectivity index (χ3n) is 23.8. The normalized spacial score (nSPS) is 14.2. The van der Waals surface area contributed by atoms with Crippen molar-refractivity contribution in [3.05, 3.63) is 325 Å². The molecule has 0 saturated carbocycles. The Kier molecular flexibility index (Phi) is 13.9. The van der Waals surface area contributed by atoms with Crippen LogP contribution in [0, 0.1) is 0 Å². The molecular formula is C99H82B2N4O. The fraction of sp³-hybridized carbons (Fsp3) is 0.152. The molecule has 1 aromatic heterocycles. The van der Waals surface area contributed by atoms with Crippen molar-refractivity contribution >= 4 is 119 Å². The summed E-state index contributed by atoms with van der Waals surface area (Å²) in [6.45, 7) is 25.4. The van der Waals surface area contributed by atoms with Gasteiger partial charge in [0, 0.05) is 78.9 Å². The number of fused-ring (bicyclic) bond motifs is 14. The van der Waals surface area contributed by atoms with Gasteiger partial charge in [-0.05, 0) is 207 Å². The van der Waals surface area contributed by atoms with E-state index in [0.717, 1.165) is 96.0 Å². The SMILES string of the molecule is CC(C)(C)c1cc(-c2ccccc2)c(N2c3ccccc3B3c4cc5c(cc4Oc4cc(-c6cccc7c6C(C)(C)c6ccccc6-7)cc2c43)N(c2ccccc2)c2cc(-n3c4ccc(C(C)(C)C)cc4c4cc(C(C)(C)C)ccc43)cc3c2B5c2ccccc2N3c2ccccc2)c(-c2ccccc2)c1. The van der Waals surface area contributed by atoms with Crippen LogP contribution in [0.25, 0.3) is 72.0 Å². The largest absolute Gasteiger partial charge is 0.458 e. The number of ether oxygens (including phenoxy) is 1. The monoisotopic (exact) mass is 1360 g/mol. The molecule has 20 rings (SSSR count). The molecule has 0 bridgehead atoms. The quantitative estimate of drug-likeness (QED) is 0.148. The van der Waals surface area contributed by atoms with Crippen molar-refractivity contribution in [3.63, 3.8) is 0 Å². The number of hydrogen-bond acceptors (Lipinski definition) is 4. The molecule has 0 radical (unpaired) electrons. The van der Waals surface area contributed by atoms with Gasteiger partial charge in [0.15, 0.2) is 0 Å². The van der Waals surface area contributed by atoms with Crippen molar-refractivity contribution in [2.24, 2.45) is 0 Å². The van der Waals surface area contributed by atoms with Gasteiger partial charge < -0.3 is 24.0 Å². The third kappa shape index (κ3) is 9.56. The number of para-hydroxylation sites is 4. The minimum Gasteiger partial charge on any atom is -0.458 e. The molecule has 14 aromatic carbocycles. The summed E-state index contributed by atoms with van der Waals surface area (Å²) in [6.07, 6.45) is 0. The molecule has 7 heteroatoms. The summed E-state index contributed by atoms with van der Waals surface area (Å²) in [7, 11) is 0. The lowest BCUT2D eigenvalue weighted by Crippen LogP contribution is -2.64. The number of nitrogens with zero attached hydrogens (tertiary/aromatic N) is 4. The van der Waals surface area contributed by atoms with E-state index in [9.17, 15) is 0 Å². The topological polar surface area (TPSA) is 23.9 Å². The lowest BCUT2D eigenvalue weighted by molar-refractivity contribution is 0.488. The average molecular weight is 1370 g/mol. The van der Waals surface area contributed by atoms with E-state index in [1.54, 1.807) is 0 Å². The van der Waals surface area contributed by atoms with E-state index in [1.165, 1.54) is 99.3 Å². The molecule has 0 spiro atoms. The second-order valence-corrected chi connectivity index (χ2v) is 33.6. The molecule has 4 aliphatic heterocycles. The summed E-state index contributed by atoms with van der Waals surface area (Å²) in [5.74, 6) is 1.70. The molecule has 106 heavy (non-hydrogen) atoms. The smallest absolute Gasteiger partial charge is 0.256 e. The van der Waals surface area contributed by atoms with Gasteiger partial charge in [-0.1, -0.05) is 270 Å².